The highest BCUT2D eigenvalue weighted by molar-refractivity contribution is 7.13. The molecule has 2 aromatic carbocycles. The fourth-order valence-electron chi connectivity index (χ4n) is 2.37. The number of hydrogen-bond acceptors (Lipinski definition) is 4. The lowest BCUT2D eigenvalue weighted by molar-refractivity contribution is 0.0601. The molecule has 0 N–H and O–H groups in total. The molecule has 0 aliphatic heterocycles. The van der Waals surface area contributed by atoms with Crippen molar-refractivity contribution in [2.75, 3.05) is 7.11 Å². The predicted molar refractivity (Wildman–Crippen MR) is 89.0 cm³/mol. The average molecular weight is 327 g/mol. The van der Waals surface area contributed by atoms with Crippen molar-refractivity contribution in [1.82, 2.24) is 4.98 Å². The Morgan fingerprint density at radius 2 is 1.96 bits per heavy atom. The molecule has 0 bridgehead atoms. The number of carbonyl (C=O) groups is 1. The van der Waals surface area contributed by atoms with Gasteiger partial charge in [-0.3, -0.25) is 4.98 Å². The lowest BCUT2D eigenvalue weighted by Crippen LogP contribution is -2.02. The number of aryl methyl sites for hydroxylation is 1. The molecule has 1 heterocycles. The first-order chi connectivity index (χ1) is 11.1. The summed E-state index contributed by atoms with van der Waals surface area (Å²) in [4.78, 5) is 16.9. The first kappa shape index (κ1) is 15.4. The SMILES string of the molecule is COC(=O)c1cc(-c2cncs2)cc(-c2ccc(C)cc2F)c1. The van der Waals surface area contributed by atoms with Crippen LogP contribution >= 0.6 is 11.3 Å². The zero-order chi connectivity index (χ0) is 16.4. The van der Waals surface area contributed by atoms with Crippen molar-refractivity contribution >= 4 is 17.3 Å². The average Bonchev–Trinajstić information content (AvgIpc) is 3.08. The van der Waals surface area contributed by atoms with E-state index in [0.717, 1.165) is 16.0 Å². The summed E-state index contributed by atoms with van der Waals surface area (Å²) in [5.41, 5.74) is 4.84. The summed E-state index contributed by atoms with van der Waals surface area (Å²) >= 11 is 1.46. The third-order valence-electron chi connectivity index (χ3n) is 3.51. The monoisotopic (exact) mass is 327 g/mol. The van der Waals surface area contributed by atoms with Crippen LogP contribution in [0, 0.1) is 12.7 Å². The van der Waals surface area contributed by atoms with Gasteiger partial charge in [-0.05, 0) is 47.9 Å². The second-order valence-electron chi connectivity index (χ2n) is 5.14. The van der Waals surface area contributed by atoms with Gasteiger partial charge in [0.25, 0.3) is 0 Å². The van der Waals surface area contributed by atoms with Crippen molar-refractivity contribution in [3.63, 3.8) is 0 Å². The van der Waals surface area contributed by atoms with Gasteiger partial charge in [-0.1, -0.05) is 12.1 Å². The molecule has 0 spiro atoms. The van der Waals surface area contributed by atoms with Crippen LogP contribution in [0.3, 0.4) is 0 Å². The fraction of sp³-hybridized carbons (Fsp3) is 0.111. The van der Waals surface area contributed by atoms with Crippen LogP contribution in [-0.4, -0.2) is 18.1 Å². The maximum atomic E-state index is 14.3. The Labute approximate surface area is 137 Å². The van der Waals surface area contributed by atoms with Crippen molar-refractivity contribution in [2.24, 2.45) is 0 Å². The molecular formula is C18H14FNO2S. The second-order valence-corrected chi connectivity index (χ2v) is 6.03. The van der Waals surface area contributed by atoms with E-state index in [1.165, 1.54) is 24.5 Å². The van der Waals surface area contributed by atoms with E-state index >= 15 is 0 Å². The normalized spacial score (nSPS) is 10.6. The number of halogens is 1. The maximum Gasteiger partial charge on any atom is 0.337 e. The molecule has 3 aromatic rings. The summed E-state index contributed by atoms with van der Waals surface area (Å²) in [7, 11) is 1.33. The Morgan fingerprint density at radius 1 is 1.17 bits per heavy atom. The third-order valence-corrected chi connectivity index (χ3v) is 4.33. The van der Waals surface area contributed by atoms with Gasteiger partial charge in [-0.2, -0.15) is 0 Å². The number of nitrogens with zero attached hydrogens (tertiary/aromatic N) is 1. The highest BCUT2D eigenvalue weighted by Crippen LogP contribution is 2.32. The summed E-state index contributed by atoms with van der Waals surface area (Å²) in [5.74, 6) is -0.771. The highest BCUT2D eigenvalue weighted by Gasteiger charge is 2.14. The Balaban J connectivity index is 2.19. The van der Waals surface area contributed by atoms with E-state index in [0.29, 0.717) is 16.7 Å². The highest BCUT2D eigenvalue weighted by atomic mass is 32.1. The first-order valence-electron chi connectivity index (χ1n) is 6.97. The van der Waals surface area contributed by atoms with E-state index in [2.05, 4.69) is 4.98 Å². The lowest BCUT2D eigenvalue weighted by Gasteiger charge is -2.09. The molecule has 0 saturated heterocycles. The summed E-state index contributed by atoms with van der Waals surface area (Å²) in [6.45, 7) is 1.83. The smallest absolute Gasteiger partial charge is 0.337 e. The van der Waals surface area contributed by atoms with E-state index < -0.39 is 5.97 Å². The summed E-state index contributed by atoms with van der Waals surface area (Å²) < 4.78 is 19.1. The molecule has 0 atom stereocenters. The summed E-state index contributed by atoms with van der Waals surface area (Å²) in [6.07, 6.45) is 1.72. The molecule has 1 aromatic heterocycles. The van der Waals surface area contributed by atoms with Crippen LogP contribution in [0.1, 0.15) is 15.9 Å². The third kappa shape index (κ3) is 3.14. The fourth-order valence-corrected chi connectivity index (χ4v) is 2.98. The molecule has 0 aliphatic carbocycles. The standard InChI is InChI=1S/C18H14FNO2S/c1-11-3-4-15(16(19)5-11)12-6-13(17-9-20-10-23-17)8-14(7-12)18(21)22-2/h3-10H,1-2H3. The number of methoxy groups -OCH3 is 1. The number of rotatable bonds is 3. The van der Waals surface area contributed by atoms with Crippen molar-refractivity contribution in [1.29, 1.82) is 0 Å². The number of carbonyl (C=O) groups excluding carboxylic acids is 1. The number of benzene rings is 2. The molecular weight excluding hydrogens is 313 g/mol. The van der Waals surface area contributed by atoms with E-state index in [4.69, 9.17) is 4.74 Å². The van der Waals surface area contributed by atoms with Gasteiger partial charge in [0.2, 0.25) is 0 Å². The van der Waals surface area contributed by atoms with Gasteiger partial charge in [0.15, 0.2) is 0 Å². The van der Waals surface area contributed by atoms with Crippen LogP contribution in [0.4, 0.5) is 4.39 Å². The number of ether oxygens (including phenoxy) is 1. The number of hydrogen-bond donors (Lipinski definition) is 0. The lowest BCUT2D eigenvalue weighted by atomic mass is 9.98. The Kier molecular flexibility index (Phi) is 4.21. The van der Waals surface area contributed by atoms with Crippen LogP contribution in [-0.2, 0) is 4.74 Å². The Hall–Kier alpha value is -2.53. The van der Waals surface area contributed by atoms with Crippen molar-refractivity contribution in [3.8, 4) is 21.6 Å². The van der Waals surface area contributed by atoms with E-state index in [1.807, 2.05) is 19.1 Å². The zero-order valence-corrected chi connectivity index (χ0v) is 13.5. The van der Waals surface area contributed by atoms with Crippen LogP contribution in [0.15, 0.2) is 48.1 Å². The van der Waals surface area contributed by atoms with E-state index in [1.54, 1.807) is 29.9 Å². The van der Waals surface area contributed by atoms with Crippen LogP contribution in [0.5, 0.6) is 0 Å². The molecule has 0 aliphatic rings. The van der Waals surface area contributed by atoms with Gasteiger partial charge in [0.05, 0.1) is 23.1 Å². The predicted octanol–water partition coefficient (Wildman–Crippen LogP) is 4.71. The molecule has 0 fully saturated rings. The molecule has 0 amide bonds. The minimum Gasteiger partial charge on any atom is -0.465 e. The molecule has 3 nitrogen and oxygen atoms in total. The number of aromatic nitrogens is 1. The summed E-state index contributed by atoms with van der Waals surface area (Å²) in [5, 5.41) is 0. The Morgan fingerprint density at radius 3 is 2.61 bits per heavy atom. The van der Waals surface area contributed by atoms with Gasteiger partial charge in [0.1, 0.15) is 5.82 Å². The molecule has 0 saturated carbocycles. The van der Waals surface area contributed by atoms with Gasteiger partial charge < -0.3 is 4.74 Å². The van der Waals surface area contributed by atoms with Crippen molar-refractivity contribution in [2.45, 2.75) is 6.92 Å². The number of thiazole rings is 1. The first-order valence-corrected chi connectivity index (χ1v) is 7.85. The topological polar surface area (TPSA) is 39.2 Å². The zero-order valence-electron chi connectivity index (χ0n) is 12.7. The number of esters is 1. The van der Waals surface area contributed by atoms with E-state index in [9.17, 15) is 9.18 Å². The largest absolute Gasteiger partial charge is 0.465 e. The molecule has 116 valence electrons. The molecule has 0 unspecified atom stereocenters. The van der Waals surface area contributed by atoms with E-state index in [-0.39, 0.29) is 5.82 Å². The van der Waals surface area contributed by atoms with Crippen LogP contribution < -0.4 is 0 Å². The molecule has 5 heteroatoms. The van der Waals surface area contributed by atoms with Crippen molar-refractivity contribution < 1.29 is 13.9 Å². The van der Waals surface area contributed by atoms with Crippen LogP contribution in [0.25, 0.3) is 21.6 Å². The molecule has 3 rings (SSSR count). The quantitative estimate of drug-likeness (QED) is 0.654. The minimum absolute atomic E-state index is 0.317. The molecule has 23 heavy (non-hydrogen) atoms. The Bertz CT molecular complexity index is 859. The second kappa shape index (κ2) is 6.30. The van der Waals surface area contributed by atoms with Gasteiger partial charge in [0, 0.05) is 11.8 Å². The minimum atomic E-state index is -0.454. The molecule has 0 radical (unpaired) electrons. The van der Waals surface area contributed by atoms with Crippen LogP contribution in [0.2, 0.25) is 0 Å². The van der Waals surface area contributed by atoms with Gasteiger partial charge in [-0.25, -0.2) is 9.18 Å². The summed E-state index contributed by atoms with van der Waals surface area (Å²) in [6, 6.07) is 10.3. The van der Waals surface area contributed by atoms with Crippen molar-refractivity contribution in [3.05, 3.63) is 65.0 Å². The van der Waals surface area contributed by atoms with Gasteiger partial charge >= 0.3 is 5.97 Å². The van der Waals surface area contributed by atoms with Gasteiger partial charge in [-0.15, -0.1) is 11.3 Å². The maximum absolute atomic E-state index is 14.3.